The molecule has 2 unspecified atom stereocenters. The van der Waals surface area contributed by atoms with Crippen molar-refractivity contribution in [3.05, 3.63) is 87.4 Å². The molecule has 5 nitrogen and oxygen atoms in total. The maximum atomic E-state index is 10.5. The number of phenolic OH excluding ortho intramolecular Hbond substituents is 1. The fourth-order valence-corrected chi connectivity index (χ4v) is 4.31. The highest BCUT2D eigenvalue weighted by Gasteiger charge is 2.42. The molecule has 3 aromatic rings. The molecule has 0 amide bonds. The summed E-state index contributed by atoms with van der Waals surface area (Å²) >= 11 is 12.5. The van der Waals surface area contributed by atoms with Crippen LogP contribution in [0.1, 0.15) is 35.4 Å². The Bertz CT molecular complexity index is 1150. The van der Waals surface area contributed by atoms with Gasteiger partial charge in [-0.1, -0.05) is 23.2 Å². The molecule has 2 heterocycles. The summed E-state index contributed by atoms with van der Waals surface area (Å²) in [5.74, 6) is 1.61. The summed E-state index contributed by atoms with van der Waals surface area (Å²) in [5, 5.41) is 18.4. The van der Waals surface area contributed by atoms with Gasteiger partial charge < -0.3 is 14.6 Å². The van der Waals surface area contributed by atoms with Crippen LogP contribution in [-0.4, -0.2) is 22.9 Å². The molecule has 0 radical (unpaired) electrons. The molecular weight excluding hydrogens is 423 g/mol. The van der Waals surface area contributed by atoms with Crippen molar-refractivity contribution >= 4 is 28.9 Å². The Balaban J connectivity index is 1.61. The monoisotopic (exact) mass is 440 g/mol. The summed E-state index contributed by atoms with van der Waals surface area (Å²) < 4.78 is 11.5. The largest absolute Gasteiger partial charge is 0.507 e. The second kappa shape index (κ2) is 7.42. The Morgan fingerprint density at radius 2 is 1.70 bits per heavy atom. The number of hydrazone groups is 1. The van der Waals surface area contributed by atoms with E-state index in [0.29, 0.717) is 22.0 Å². The lowest BCUT2D eigenvalue weighted by Gasteiger charge is -2.38. The van der Waals surface area contributed by atoms with Crippen LogP contribution in [0.15, 0.2) is 65.8 Å². The van der Waals surface area contributed by atoms with E-state index in [2.05, 4.69) is 0 Å². The number of aromatic hydroxyl groups is 1. The molecule has 1 N–H and O–H groups in total. The van der Waals surface area contributed by atoms with Gasteiger partial charge in [0.25, 0.3) is 0 Å². The highest BCUT2D eigenvalue weighted by atomic mass is 35.5. The zero-order valence-electron chi connectivity index (χ0n) is 16.0. The van der Waals surface area contributed by atoms with Gasteiger partial charge in [-0.05, 0) is 66.2 Å². The minimum Gasteiger partial charge on any atom is -0.507 e. The summed E-state index contributed by atoms with van der Waals surface area (Å²) in [7, 11) is 1.64. The van der Waals surface area contributed by atoms with Gasteiger partial charge in [-0.15, -0.1) is 0 Å². The number of rotatable bonds is 3. The van der Waals surface area contributed by atoms with Crippen LogP contribution in [-0.2, 0) is 0 Å². The van der Waals surface area contributed by atoms with Crippen molar-refractivity contribution < 1.29 is 14.6 Å². The van der Waals surface area contributed by atoms with E-state index in [1.54, 1.807) is 31.4 Å². The average molecular weight is 441 g/mol. The minimum absolute atomic E-state index is 0.0760. The lowest BCUT2D eigenvalue weighted by molar-refractivity contribution is -0.0203. The third-order valence-electron chi connectivity index (χ3n) is 5.43. The molecule has 0 aromatic heterocycles. The van der Waals surface area contributed by atoms with Gasteiger partial charge in [0, 0.05) is 22.0 Å². The van der Waals surface area contributed by atoms with E-state index in [9.17, 15) is 5.11 Å². The highest BCUT2D eigenvalue weighted by molar-refractivity contribution is 6.31. The van der Waals surface area contributed by atoms with E-state index in [1.807, 2.05) is 41.4 Å². The SMILES string of the molecule is COc1ccc(C2=NN3C(C2)c2cc(Cl)ccc2OC3c2cc(Cl)ccc2O)cc1. The number of methoxy groups -OCH3 is 1. The molecule has 5 rings (SSSR count). The Morgan fingerprint density at radius 3 is 2.43 bits per heavy atom. The normalized spacial score (nSPS) is 19.6. The quantitative estimate of drug-likeness (QED) is 0.546. The second-order valence-electron chi connectivity index (χ2n) is 7.23. The number of fused-ring (bicyclic) bond motifs is 3. The van der Waals surface area contributed by atoms with Crippen LogP contribution in [0.2, 0.25) is 10.0 Å². The molecule has 0 fully saturated rings. The van der Waals surface area contributed by atoms with E-state index >= 15 is 0 Å². The van der Waals surface area contributed by atoms with Crippen molar-refractivity contribution in [2.45, 2.75) is 18.7 Å². The molecule has 7 heteroatoms. The van der Waals surface area contributed by atoms with Crippen molar-refractivity contribution in [1.29, 1.82) is 0 Å². The first-order valence-corrected chi connectivity index (χ1v) is 10.2. The Morgan fingerprint density at radius 1 is 1.00 bits per heavy atom. The van der Waals surface area contributed by atoms with Gasteiger partial charge in [0.15, 0.2) is 0 Å². The van der Waals surface area contributed by atoms with Crippen LogP contribution in [0.3, 0.4) is 0 Å². The molecule has 0 spiro atoms. The number of halogens is 2. The van der Waals surface area contributed by atoms with Gasteiger partial charge in [0.2, 0.25) is 6.23 Å². The third kappa shape index (κ3) is 3.24. The molecule has 0 aliphatic carbocycles. The van der Waals surface area contributed by atoms with Crippen LogP contribution in [0.25, 0.3) is 0 Å². The zero-order chi connectivity index (χ0) is 20.8. The highest BCUT2D eigenvalue weighted by Crippen LogP contribution is 2.49. The number of ether oxygens (including phenoxy) is 2. The van der Waals surface area contributed by atoms with Crippen molar-refractivity contribution in [2.24, 2.45) is 5.10 Å². The molecule has 2 aliphatic heterocycles. The van der Waals surface area contributed by atoms with Gasteiger partial charge in [-0.25, -0.2) is 5.01 Å². The van der Waals surface area contributed by atoms with E-state index in [0.717, 1.165) is 28.3 Å². The van der Waals surface area contributed by atoms with Crippen molar-refractivity contribution in [3.63, 3.8) is 0 Å². The van der Waals surface area contributed by atoms with Crippen LogP contribution < -0.4 is 9.47 Å². The van der Waals surface area contributed by atoms with Crippen LogP contribution >= 0.6 is 23.2 Å². The molecule has 2 atom stereocenters. The molecular formula is C23H18Cl2N2O3. The summed E-state index contributed by atoms with van der Waals surface area (Å²) in [6.07, 6.45) is 0.0686. The first-order chi connectivity index (χ1) is 14.5. The van der Waals surface area contributed by atoms with Gasteiger partial charge in [-0.2, -0.15) is 5.10 Å². The molecule has 0 saturated heterocycles. The molecule has 2 aliphatic rings. The van der Waals surface area contributed by atoms with Gasteiger partial charge in [0.05, 0.1) is 24.4 Å². The Hall–Kier alpha value is -2.89. The van der Waals surface area contributed by atoms with E-state index in [4.69, 9.17) is 37.8 Å². The Kier molecular flexibility index (Phi) is 4.72. The van der Waals surface area contributed by atoms with E-state index in [-0.39, 0.29) is 11.8 Å². The van der Waals surface area contributed by atoms with Crippen molar-refractivity contribution in [2.75, 3.05) is 7.11 Å². The first-order valence-electron chi connectivity index (χ1n) is 9.48. The van der Waals surface area contributed by atoms with Crippen molar-refractivity contribution in [1.82, 2.24) is 5.01 Å². The zero-order valence-corrected chi connectivity index (χ0v) is 17.6. The van der Waals surface area contributed by atoms with Crippen LogP contribution in [0, 0.1) is 0 Å². The maximum Gasteiger partial charge on any atom is 0.217 e. The molecule has 3 aromatic carbocycles. The number of hydrogen-bond acceptors (Lipinski definition) is 5. The van der Waals surface area contributed by atoms with E-state index < -0.39 is 6.23 Å². The van der Waals surface area contributed by atoms with Crippen LogP contribution in [0.5, 0.6) is 17.2 Å². The summed E-state index contributed by atoms with van der Waals surface area (Å²) in [5.41, 5.74) is 3.45. The van der Waals surface area contributed by atoms with E-state index in [1.165, 1.54) is 0 Å². The number of hydrogen-bond donors (Lipinski definition) is 1. The number of phenols is 1. The number of benzene rings is 3. The average Bonchev–Trinajstić information content (AvgIpc) is 3.21. The van der Waals surface area contributed by atoms with Gasteiger partial charge in [-0.3, -0.25) is 0 Å². The minimum atomic E-state index is -0.613. The fourth-order valence-electron chi connectivity index (χ4n) is 3.94. The molecule has 0 bridgehead atoms. The summed E-state index contributed by atoms with van der Waals surface area (Å²) in [6, 6.07) is 18.2. The van der Waals surface area contributed by atoms with Crippen molar-refractivity contribution in [3.8, 4) is 17.2 Å². The summed E-state index contributed by atoms with van der Waals surface area (Å²) in [4.78, 5) is 0. The molecule has 0 saturated carbocycles. The molecule has 152 valence electrons. The fraction of sp³-hybridized carbons (Fsp3) is 0.174. The third-order valence-corrected chi connectivity index (χ3v) is 5.90. The maximum absolute atomic E-state index is 10.5. The number of nitrogens with zero attached hydrogens (tertiary/aromatic N) is 2. The van der Waals surface area contributed by atoms with Gasteiger partial charge >= 0.3 is 0 Å². The molecule has 30 heavy (non-hydrogen) atoms. The van der Waals surface area contributed by atoms with Crippen LogP contribution in [0.4, 0.5) is 0 Å². The first kappa shape index (κ1) is 19.1. The van der Waals surface area contributed by atoms with Gasteiger partial charge in [0.1, 0.15) is 17.2 Å². The standard InChI is InChI=1S/C23H18Cl2N2O3/c1-29-16-6-2-13(3-7-16)19-12-20-17-10-15(25)5-9-22(17)30-23(27(20)26-19)18-11-14(24)4-8-21(18)28/h2-11,20,23,28H,12H2,1H3. The predicted molar refractivity (Wildman–Crippen MR) is 117 cm³/mol. The topological polar surface area (TPSA) is 54.3 Å². The Labute approximate surface area is 184 Å². The predicted octanol–water partition coefficient (Wildman–Crippen LogP) is 5.95. The lowest BCUT2D eigenvalue weighted by Crippen LogP contribution is -2.33. The lowest BCUT2D eigenvalue weighted by atomic mass is 9.95. The summed E-state index contributed by atoms with van der Waals surface area (Å²) in [6.45, 7) is 0. The second-order valence-corrected chi connectivity index (χ2v) is 8.10. The smallest absolute Gasteiger partial charge is 0.217 e.